The zero-order valence-electron chi connectivity index (χ0n) is 10.2. The number of fused-ring (bicyclic) bond motifs is 1. The summed E-state index contributed by atoms with van der Waals surface area (Å²) < 4.78 is 0. The molecule has 1 saturated carbocycles. The van der Waals surface area contributed by atoms with E-state index in [-0.39, 0.29) is 0 Å². The van der Waals surface area contributed by atoms with Gasteiger partial charge in [0.1, 0.15) is 0 Å². The second-order valence-corrected chi connectivity index (χ2v) is 5.14. The summed E-state index contributed by atoms with van der Waals surface area (Å²) in [6, 6.07) is 0.936. The number of likely N-dealkylation sites (N-methyl/N-ethyl adjacent to an activating group) is 1. The predicted octanol–water partition coefficient (Wildman–Crippen LogP) is 2.25. The summed E-state index contributed by atoms with van der Waals surface area (Å²) in [4.78, 5) is 2.76. The van der Waals surface area contributed by atoms with E-state index >= 15 is 0 Å². The SMILES string of the molecule is CCNCCN1CCCC2CCCCC21. The monoisotopic (exact) mass is 210 g/mol. The van der Waals surface area contributed by atoms with Crippen LogP contribution < -0.4 is 5.32 Å². The van der Waals surface area contributed by atoms with E-state index < -0.39 is 0 Å². The molecular weight excluding hydrogens is 184 g/mol. The van der Waals surface area contributed by atoms with Gasteiger partial charge in [0.2, 0.25) is 0 Å². The molecule has 0 aromatic carbocycles. The Morgan fingerprint density at radius 1 is 1.13 bits per heavy atom. The Balaban J connectivity index is 1.81. The van der Waals surface area contributed by atoms with E-state index in [9.17, 15) is 0 Å². The van der Waals surface area contributed by atoms with Crippen molar-refractivity contribution >= 4 is 0 Å². The smallest absolute Gasteiger partial charge is 0.0124 e. The Kier molecular flexibility index (Phi) is 4.45. The summed E-state index contributed by atoms with van der Waals surface area (Å²) in [5, 5.41) is 3.45. The van der Waals surface area contributed by atoms with E-state index in [0.717, 1.165) is 18.5 Å². The fourth-order valence-corrected chi connectivity index (χ4v) is 3.40. The van der Waals surface area contributed by atoms with Crippen molar-refractivity contribution in [3.05, 3.63) is 0 Å². The van der Waals surface area contributed by atoms with Crippen molar-refractivity contribution in [2.75, 3.05) is 26.2 Å². The minimum Gasteiger partial charge on any atom is -0.316 e. The van der Waals surface area contributed by atoms with E-state index in [2.05, 4.69) is 17.1 Å². The molecule has 2 heteroatoms. The van der Waals surface area contributed by atoms with E-state index in [1.54, 1.807) is 0 Å². The summed E-state index contributed by atoms with van der Waals surface area (Å²) in [5.41, 5.74) is 0. The van der Waals surface area contributed by atoms with Crippen LogP contribution in [0.3, 0.4) is 0 Å². The summed E-state index contributed by atoms with van der Waals surface area (Å²) in [6.45, 7) is 7.11. The van der Waals surface area contributed by atoms with Crippen LogP contribution in [0.15, 0.2) is 0 Å². The molecule has 0 aromatic heterocycles. The van der Waals surface area contributed by atoms with Crippen LogP contribution in [0.4, 0.5) is 0 Å². The lowest BCUT2D eigenvalue weighted by Crippen LogP contribution is -2.48. The third-order valence-corrected chi connectivity index (χ3v) is 4.18. The summed E-state index contributed by atoms with van der Waals surface area (Å²) in [6.07, 6.45) is 8.87. The first-order valence-electron chi connectivity index (χ1n) is 6.86. The summed E-state index contributed by atoms with van der Waals surface area (Å²) in [5.74, 6) is 1.04. The Morgan fingerprint density at radius 2 is 1.93 bits per heavy atom. The topological polar surface area (TPSA) is 15.3 Å². The van der Waals surface area contributed by atoms with E-state index in [4.69, 9.17) is 0 Å². The van der Waals surface area contributed by atoms with Gasteiger partial charge in [-0.3, -0.25) is 4.90 Å². The van der Waals surface area contributed by atoms with Crippen LogP contribution in [-0.2, 0) is 0 Å². The molecule has 1 N–H and O–H groups in total. The fourth-order valence-electron chi connectivity index (χ4n) is 3.40. The first kappa shape index (κ1) is 11.4. The minimum atomic E-state index is 0.936. The van der Waals surface area contributed by atoms with Crippen molar-refractivity contribution in [2.24, 2.45) is 5.92 Å². The van der Waals surface area contributed by atoms with E-state index in [1.807, 2.05) is 0 Å². The Hall–Kier alpha value is -0.0800. The molecule has 15 heavy (non-hydrogen) atoms. The third-order valence-electron chi connectivity index (χ3n) is 4.18. The highest BCUT2D eigenvalue weighted by atomic mass is 15.2. The maximum absolute atomic E-state index is 3.45. The molecule has 0 amide bonds. The first-order valence-corrected chi connectivity index (χ1v) is 6.86. The van der Waals surface area contributed by atoms with Gasteiger partial charge >= 0.3 is 0 Å². The molecule has 2 unspecified atom stereocenters. The molecule has 2 atom stereocenters. The molecule has 88 valence electrons. The second kappa shape index (κ2) is 5.86. The molecule has 0 spiro atoms. The number of nitrogens with one attached hydrogen (secondary N) is 1. The normalized spacial score (nSPS) is 32.6. The number of nitrogens with zero attached hydrogens (tertiary/aromatic N) is 1. The van der Waals surface area contributed by atoms with Gasteiger partial charge in [0.25, 0.3) is 0 Å². The maximum Gasteiger partial charge on any atom is 0.0124 e. The van der Waals surface area contributed by atoms with Gasteiger partial charge in [-0.2, -0.15) is 0 Å². The number of rotatable bonds is 4. The van der Waals surface area contributed by atoms with Gasteiger partial charge in [0.05, 0.1) is 0 Å². The van der Waals surface area contributed by atoms with Crippen LogP contribution >= 0.6 is 0 Å². The van der Waals surface area contributed by atoms with Crippen molar-refractivity contribution in [1.82, 2.24) is 10.2 Å². The van der Waals surface area contributed by atoms with Crippen molar-refractivity contribution in [3.8, 4) is 0 Å². The van der Waals surface area contributed by atoms with Gasteiger partial charge in [-0.25, -0.2) is 0 Å². The predicted molar refractivity (Wildman–Crippen MR) is 65.1 cm³/mol. The lowest BCUT2D eigenvalue weighted by atomic mass is 9.78. The van der Waals surface area contributed by atoms with Crippen LogP contribution in [0.5, 0.6) is 0 Å². The number of hydrogen-bond donors (Lipinski definition) is 1. The van der Waals surface area contributed by atoms with E-state index in [0.29, 0.717) is 0 Å². The van der Waals surface area contributed by atoms with Gasteiger partial charge in [0, 0.05) is 19.1 Å². The molecule has 2 aliphatic rings. The molecule has 1 heterocycles. The molecule has 0 radical (unpaired) electrons. The summed E-state index contributed by atoms with van der Waals surface area (Å²) in [7, 11) is 0. The number of hydrogen-bond acceptors (Lipinski definition) is 2. The fraction of sp³-hybridized carbons (Fsp3) is 1.00. The maximum atomic E-state index is 3.45. The molecule has 1 aliphatic carbocycles. The van der Waals surface area contributed by atoms with E-state index in [1.165, 1.54) is 58.2 Å². The van der Waals surface area contributed by atoms with Crippen molar-refractivity contribution in [1.29, 1.82) is 0 Å². The van der Waals surface area contributed by atoms with Crippen LogP contribution in [0.25, 0.3) is 0 Å². The average molecular weight is 210 g/mol. The third kappa shape index (κ3) is 2.94. The molecule has 2 rings (SSSR count). The van der Waals surface area contributed by atoms with Crippen LogP contribution in [0.2, 0.25) is 0 Å². The molecule has 2 nitrogen and oxygen atoms in total. The van der Waals surface area contributed by atoms with Crippen LogP contribution in [0, 0.1) is 5.92 Å². The lowest BCUT2D eigenvalue weighted by molar-refractivity contribution is 0.0620. The average Bonchev–Trinajstić information content (AvgIpc) is 2.30. The summed E-state index contributed by atoms with van der Waals surface area (Å²) >= 11 is 0. The van der Waals surface area contributed by atoms with Crippen molar-refractivity contribution in [3.63, 3.8) is 0 Å². The molecule has 1 saturated heterocycles. The quantitative estimate of drug-likeness (QED) is 0.716. The second-order valence-electron chi connectivity index (χ2n) is 5.14. The highest BCUT2D eigenvalue weighted by molar-refractivity contribution is 4.87. The van der Waals surface area contributed by atoms with Gasteiger partial charge in [0.15, 0.2) is 0 Å². The van der Waals surface area contributed by atoms with Gasteiger partial charge in [-0.15, -0.1) is 0 Å². The van der Waals surface area contributed by atoms with Crippen molar-refractivity contribution < 1.29 is 0 Å². The van der Waals surface area contributed by atoms with Crippen LogP contribution in [-0.4, -0.2) is 37.1 Å². The highest BCUT2D eigenvalue weighted by Gasteiger charge is 2.32. The standard InChI is InChI=1S/C13H26N2/c1-2-14-9-11-15-10-5-7-12-6-3-4-8-13(12)15/h12-14H,2-11H2,1H3. The Bertz CT molecular complexity index is 179. The van der Waals surface area contributed by atoms with Crippen LogP contribution in [0.1, 0.15) is 45.4 Å². The molecular formula is C13H26N2. The Labute approximate surface area is 94.4 Å². The van der Waals surface area contributed by atoms with Gasteiger partial charge in [-0.1, -0.05) is 19.8 Å². The van der Waals surface area contributed by atoms with Crippen molar-refractivity contribution in [2.45, 2.75) is 51.5 Å². The van der Waals surface area contributed by atoms with Gasteiger partial charge < -0.3 is 5.32 Å². The number of piperidine rings is 1. The largest absolute Gasteiger partial charge is 0.316 e. The first-order chi connectivity index (χ1) is 7.42. The lowest BCUT2D eigenvalue weighted by Gasteiger charge is -2.44. The number of likely N-dealkylation sites (tertiary alicyclic amines) is 1. The molecule has 2 fully saturated rings. The molecule has 1 aliphatic heterocycles. The van der Waals surface area contributed by atoms with Gasteiger partial charge in [-0.05, 0) is 44.7 Å². The Morgan fingerprint density at radius 3 is 2.80 bits per heavy atom. The zero-order chi connectivity index (χ0) is 10.5. The minimum absolute atomic E-state index is 0.936. The highest BCUT2D eigenvalue weighted by Crippen LogP contribution is 2.34. The zero-order valence-corrected chi connectivity index (χ0v) is 10.2. The molecule has 0 aromatic rings. The molecule has 0 bridgehead atoms.